The maximum Gasteiger partial charge on any atom is 0.188 e. The average molecular weight is 430 g/mol. The zero-order valence-electron chi connectivity index (χ0n) is 17.1. The Morgan fingerprint density at radius 3 is 2.61 bits per heavy atom. The third kappa shape index (κ3) is 2.99. The number of aliphatic hydroxyl groups excluding tert-OH is 1. The largest absolute Gasteiger partial charge is 0.496 e. The van der Waals surface area contributed by atoms with E-state index >= 15 is 0 Å². The molecule has 4 nitrogen and oxygen atoms in total. The monoisotopic (exact) mass is 429 g/mol. The van der Waals surface area contributed by atoms with Crippen molar-refractivity contribution in [2.24, 2.45) is 0 Å². The molecule has 1 aliphatic carbocycles. The van der Waals surface area contributed by atoms with Crippen LogP contribution in [0.15, 0.2) is 60.7 Å². The van der Waals surface area contributed by atoms with Gasteiger partial charge in [-0.2, -0.15) is 0 Å². The van der Waals surface area contributed by atoms with Gasteiger partial charge in [0.1, 0.15) is 5.75 Å². The van der Waals surface area contributed by atoms with Crippen LogP contribution in [0.4, 0.5) is 0 Å². The van der Waals surface area contributed by atoms with Crippen LogP contribution in [0.5, 0.6) is 5.75 Å². The van der Waals surface area contributed by atoms with Crippen LogP contribution < -0.4 is 4.74 Å². The molecule has 0 unspecified atom stereocenters. The summed E-state index contributed by atoms with van der Waals surface area (Å²) in [7, 11) is 1.57. The van der Waals surface area contributed by atoms with Gasteiger partial charge in [-0.05, 0) is 54.5 Å². The number of aliphatic hydroxyl groups is 1. The SMILES string of the molecule is COc1cccc(-c2c3c4c(cc(C)cc4n2-c2cccc(Cl)c2)C=CC3=O)c1CO. The van der Waals surface area contributed by atoms with Crippen molar-refractivity contribution in [2.45, 2.75) is 13.5 Å². The van der Waals surface area contributed by atoms with Crippen LogP contribution >= 0.6 is 11.6 Å². The molecular weight excluding hydrogens is 410 g/mol. The number of rotatable bonds is 4. The highest BCUT2D eigenvalue weighted by Crippen LogP contribution is 2.43. The van der Waals surface area contributed by atoms with E-state index in [1.54, 1.807) is 13.2 Å². The Morgan fingerprint density at radius 1 is 1.06 bits per heavy atom. The lowest BCUT2D eigenvalue weighted by Gasteiger charge is -2.17. The highest BCUT2D eigenvalue weighted by molar-refractivity contribution is 6.30. The average Bonchev–Trinajstić information content (AvgIpc) is 3.11. The molecule has 0 fully saturated rings. The van der Waals surface area contributed by atoms with Gasteiger partial charge in [0.05, 0.1) is 30.5 Å². The number of aromatic nitrogens is 1. The lowest BCUT2D eigenvalue weighted by Crippen LogP contribution is -2.05. The number of halogens is 1. The summed E-state index contributed by atoms with van der Waals surface area (Å²) >= 11 is 6.34. The molecule has 1 N–H and O–H groups in total. The Bertz CT molecular complexity index is 1400. The Kier molecular flexibility index (Phi) is 4.69. The maximum atomic E-state index is 13.2. The second kappa shape index (κ2) is 7.41. The molecule has 5 heteroatoms. The second-order valence-corrected chi connectivity index (χ2v) is 8.07. The summed E-state index contributed by atoms with van der Waals surface area (Å²) in [5.74, 6) is 0.508. The third-order valence-electron chi connectivity index (χ3n) is 5.74. The van der Waals surface area contributed by atoms with Gasteiger partial charge in [0.2, 0.25) is 0 Å². The minimum atomic E-state index is -0.216. The van der Waals surface area contributed by atoms with E-state index in [-0.39, 0.29) is 12.4 Å². The number of allylic oxidation sites excluding steroid dienone is 1. The van der Waals surface area contributed by atoms with Crippen molar-refractivity contribution in [1.82, 2.24) is 4.57 Å². The molecule has 3 aromatic carbocycles. The molecule has 1 aliphatic rings. The van der Waals surface area contributed by atoms with Crippen molar-refractivity contribution in [2.75, 3.05) is 7.11 Å². The summed E-state index contributed by atoms with van der Waals surface area (Å²) in [4.78, 5) is 13.2. The van der Waals surface area contributed by atoms with E-state index in [4.69, 9.17) is 16.3 Å². The Labute approximate surface area is 185 Å². The smallest absolute Gasteiger partial charge is 0.188 e. The van der Waals surface area contributed by atoms with E-state index < -0.39 is 0 Å². The van der Waals surface area contributed by atoms with Gasteiger partial charge in [-0.1, -0.05) is 41.9 Å². The van der Waals surface area contributed by atoms with Crippen molar-refractivity contribution < 1.29 is 14.6 Å². The van der Waals surface area contributed by atoms with Crippen molar-refractivity contribution in [3.8, 4) is 22.7 Å². The van der Waals surface area contributed by atoms with Crippen LogP contribution in [0.2, 0.25) is 5.02 Å². The van der Waals surface area contributed by atoms with Crippen LogP contribution in [-0.2, 0) is 6.61 Å². The van der Waals surface area contributed by atoms with E-state index in [1.165, 1.54) is 0 Å². The topological polar surface area (TPSA) is 51.5 Å². The maximum absolute atomic E-state index is 13.2. The first-order chi connectivity index (χ1) is 15.0. The first-order valence-corrected chi connectivity index (χ1v) is 10.4. The van der Waals surface area contributed by atoms with Gasteiger partial charge in [0, 0.05) is 27.2 Å². The molecule has 154 valence electrons. The summed E-state index contributed by atoms with van der Waals surface area (Å²) in [5, 5.41) is 11.7. The van der Waals surface area contributed by atoms with Gasteiger partial charge in [-0.15, -0.1) is 0 Å². The molecule has 0 radical (unpaired) electrons. The Balaban J connectivity index is 2.01. The fourth-order valence-corrected chi connectivity index (χ4v) is 4.68. The molecule has 0 saturated carbocycles. The lowest BCUT2D eigenvalue weighted by atomic mass is 9.92. The van der Waals surface area contributed by atoms with Gasteiger partial charge < -0.3 is 14.4 Å². The molecule has 0 aliphatic heterocycles. The molecule has 0 saturated heterocycles. The van der Waals surface area contributed by atoms with Crippen molar-refractivity contribution in [3.05, 3.63) is 87.9 Å². The van der Waals surface area contributed by atoms with Crippen LogP contribution in [0, 0.1) is 6.92 Å². The quantitative estimate of drug-likeness (QED) is 0.434. The number of carbonyl (C=O) groups excluding carboxylic acids is 1. The molecule has 31 heavy (non-hydrogen) atoms. The predicted molar refractivity (Wildman–Crippen MR) is 124 cm³/mol. The second-order valence-electron chi connectivity index (χ2n) is 7.63. The number of ether oxygens (including phenoxy) is 1. The Morgan fingerprint density at radius 2 is 1.87 bits per heavy atom. The van der Waals surface area contributed by atoms with Crippen LogP contribution in [0.3, 0.4) is 0 Å². The number of ketones is 1. The highest BCUT2D eigenvalue weighted by atomic mass is 35.5. The summed E-state index contributed by atoms with van der Waals surface area (Å²) in [6.07, 6.45) is 3.48. The summed E-state index contributed by atoms with van der Waals surface area (Å²) in [6, 6.07) is 17.3. The van der Waals surface area contributed by atoms with E-state index in [1.807, 2.05) is 55.5 Å². The number of hydrogen-bond acceptors (Lipinski definition) is 3. The first-order valence-electron chi connectivity index (χ1n) is 9.98. The van der Waals surface area contributed by atoms with Crippen LogP contribution in [0.25, 0.3) is 33.9 Å². The van der Waals surface area contributed by atoms with Crippen molar-refractivity contribution >= 4 is 34.4 Å². The zero-order valence-corrected chi connectivity index (χ0v) is 17.9. The van der Waals surface area contributed by atoms with E-state index in [9.17, 15) is 9.90 Å². The fourth-order valence-electron chi connectivity index (χ4n) is 4.49. The predicted octanol–water partition coefficient (Wildman–Crippen LogP) is 5.97. The number of hydrogen-bond donors (Lipinski definition) is 1. The van der Waals surface area contributed by atoms with Gasteiger partial charge in [-0.25, -0.2) is 0 Å². The van der Waals surface area contributed by atoms with Gasteiger partial charge in [-0.3, -0.25) is 4.79 Å². The number of nitrogens with zero attached hydrogens (tertiary/aromatic N) is 1. The molecule has 0 atom stereocenters. The standard InChI is InChI=1S/C26H20ClNO3/c1-15-11-16-9-10-22(30)25-24(16)21(12-15)28(18-6-3-5-17(27)13-18)26(25)19-7-4-8-23(31-2)20(19)14-29/h3-13,29H,14H2,1-2H3. The Hall–Kier alpha value is -3.34. The zero-order chi connectivity index (χ0) is 21.7. The summed E-state index contributed by atoms with van der Waals surface area (Å²) < 4.78 is 7.57. The molecule has 4 aromatic rings. The molecule has 0 spiro atoms. The van der Waals surface area contributed by atoms with E-state index in [2.05, 4.69) is 16.7 Å². The molecule has 1 heterocycles. The summed E-state index contributed by atoms with van der Waals surface area (Å²) in [5.41, 5.74) is 6.59. The normalized spacial score (nSPS) is 12.6. The number of aryl methyl sites for hydroxylation is 1. The lowest BCUT2D eigenvalue weighted by molar-refractivity contribution is 0.104. The molecule has 1 aromatic heterocycles. The third-order valence-corrected chi connectivity index (χ3v) is 5.97. The van der Waals surface area contributed by atoms with Crippen LogP contribution in [0.1, 0.15) is 27.0 Å². The minimum Gasteiger partial charge on any atom is -0.496 e. The summed E-state index contributed by atoms with van der Waals surface area (Å²) in [6.45, 7) is 1.82. The van der Waals surface area contributed by atoms with E-state index in [0.717, 1.165) is 39.0 Å². The van der Waals surface area contributed by atoms with Crippen molar-refractivity contribution in [1.29, 1.82) is 0 Å². The van der Waals surface area contributed by atoms with Gasteiger partial charge >= 0.3 is 0 Å². The van der Waals surface area contributed by atoms with Gasteiger partial charge in [0.25, 0.3) is 0 Å². The van der Waals surface area contributed by atoms with Gasteiger partial charge in [0.15, 0.2) is 5.78 Å². The molecule has 0 bridgehead atoms. The number of methoxy groups -OCH3 is 1. The highest BCUT2D eigenvalue weighted by Gasteiger charge is 2.29. The minimum absolute atomic E-state index is 0.0659. The number of carbonyl (C=O) groups is 1. The molecule has 0 amide bonds. The van der Waals surface area contributed by atoms with Crippen molar-refractivity contribution in [3.63, 3.8) is 0 Å². The van der Waals surface area contributed by atoms with E-state index in [0.29, 0.717) is 21.9 Å². The first kappa shape index (κ1) is 19.6. The number of benzene rings is 3. The fraction of sp³-hybridized carbons (Fsp3) is 0.115. The van der Waals surface area contributed by atoms with Crippen LogP contribution in [-0.4, -0.2) is 22.6 Å². The molecule has 5 rings (SSSR count). The molecular formula is C26H20ClNO3.